The highest BCUT2D eigenvalue weighted by Crippen LogP contribution is 2.33. The smallest absolute Gasteiger partial charge is 0.217 e. The molecule has 2 heterocycles. The van der Waals surface area contributed by atoms with Crippen LogP contribution < -0.4 is 4.90 Å². The lowest BCUT2D eigenvalue weighted by Crippen LogP contribution is -2.40. The summed E-state index contributed by atoms with van der Waals surface area (Å²) in [5, 5.41) is -0.211. The monoisotopic (exact) mass is 300 g/mol. The van der Waals surface area contributed by atoms with Crippen molar-refractivity contribution >= 4 is 15.8 Å². The zero-order valence-corrected chi connectivity index (χ0v) is 12.1. The van der Waals surface area contributed by atoms with Gasteiger partial charge in [-0.05, 0) is 19.3 Å². The van der Waals surface area contributed by atoms with Crippen LogP contribution in [0.15, 0.2) is 12.5 Å². The van der Waals surface area contributed by atoms with Crippen LogP contribution in [0.1, 0.15) is 19.3 Å². The van der Waals surface area contributed by atoms with E-state index in [-0.39, 0.29) is 17.1 Å². The van der Waals surface area contributed by atoms with Gasteiger partial charge >= 0.3 is 0 Å². The Morgan fingerprint density at radius 2 is 2.15 bits per heavy atom. The van der Waals surface area contributed by atoms with Crippen LogP contribution >= 0.6 is 0 Å². The number of halogens is 1. The van der Waals surface area contributed by atoms with Crippen LogP contribution in [0.4, 0.5) is 10.2 Å². The van der Waals surface area contributed by atoms with Crippen molar-refractivity contribution in [1.82, 2.24) is 14.3 Å². The van der Waals surface area contributed by atoms with Gasteiger partial charge in [0.25, 0.3) is 0 Å². The van der Waals surface area contributed by atoms with Crippen molar-refractivity contribution in [3.05, 3.63) is 18.3 Å². The lowest BCUT2D eigenvalue weighted by Gasteiger charge is -2.24. The molecule has 0 aromatic carbocycles. The molecule has 8 heteroatoms. The number of anilines is 1. The molecule has 1 aromatic heterocycles. The van der Waals surface area contributed by atoms with Gasteiger partial charge in [-0.1, -0.05) is 0 Å². The van der Waals surface area contributed by atoms with Crippen LogP contribution in [0.25, 0.3) is 0 Å². The Morgan fingerprint density at radius 3 is 2.80 bits per heavy atom. The van der Waals surface area contributed by atoms with Crippen LogP contribution in [0.3, 0.4) is 0 Å². The van der Waals surface area contributed by atoms with Gasteiger partial charge in [0.05, 0.1) is 11.4 Å². The maximum atomic E-state index is 13.6. The SMILES string of the molecule is CN(C1CCN(c2ncncc2F)C1)S(=O)(=O)C1CC1. The summed E-state index contributed by atoms with van der Waals surface area (Å²) in [7, 11) is -1.56. The molecule has 0 spiro atoms. The van der Waals surface area contributed by atoms with E-state index < -0.39 is 15.8 Å². The van der Waals surface area contributed by atoms with Gasteiger partial charge in [-0.3, -0.25) is 0 Å². The lowest BCUT2D eigenvalue weighted by molar-refractivity contribution is 0.389. The van der Waals surface area contributed by atoms with E-state index in [1.165, 1.54) is 10.6 Å². The molecule has 110 valence electrons. The zero-order valence-electron chi connectivity index (χ0n) is 11.2. The minimum atomic E-state index is -3.18. The van der Waals surface area contributed by atoms with Gasteiger partial charge in [-0.15, -0.1) is 0 Å². The first kappa shape index (κ1) is 13.7. The average molecular weight is 300 g/mol. The van der Waals surface area contributed by atoms with Crippen molar-refractivity contribution in [2.75, 3.05) is 25.0 Å². The van der Waals surface area contributed by atoms with E-state index in [2.05, 4.69) is 9.97 Å². The van der Waals surface area contributed by atoms with E-state index >= 15 is 0 Å². The molecule has 1 saturated carbocycles. The summed E-state index contributed by atoms with van der Waals surface area (Å²) in [5.74, 6) is -0.222. The maximum absolute atomic E-state index is 13.6. The fourth-order valence-corrected chi connectivity index (χ4v) is 4.37. The molecule has 0 radical (unpaired) electrons. The molecule has 1 saturated heterocycles. The molecular weight excluding hydrogens is 283 g/mol. The second kappa shape index (κ2) is 4.92. The first-order valence-electron chi connectivity index (χ1n) is 6.67. The Kier molecular flexibility index (Phi) is 3.37. The molecule has 1 aliphatic heterocycles. The number of aromatic nitrogens is 2. The van der Waals surface area contributed by atoms with E-state index in [1.54, 1.807) is 11.9 Å². The summed E-state index contributed by atoms with van der Waals surface area (Å²) >= 11 is 0. The molecule has 1 aromatic rings. The number of nitrogens with zero attached hydrogens (tertiary/aromatic N) is 4. The third-order valence-electron chi connectivity index (χ3n) is 3.97. The zero-order chi connectivity index (χ0) is 14.3. The quantitative estimate of drug-likeness (QED) is 0.815. The molecule has 1 atom stereocenters. The Labute approximate surface area is 117 Å². The summed E-state index contributed by atoms with van der Waals surface area (Å²) in [6, 6.07) is -0.116. The summed E-state index contributed by atoms with van der Waals surface area (Å²) in [6.45, 7) is 1.07. The van der Waals surface area contributed by atoms with E-state index in [9.17, 15) is 12.8 Å². The van der Waals surface area contributed by atoms with E-state index in [4.69, 9.17) is 0 Å². The molecule has 1 unspecified atom stereocenters. The van der Waals surface area contributed by atoms with Gasteiger partial charge < -0.3 is 4.90 Å². The Balaban J connectivity index is 1.72. The lowest BCUT2D eigenvalue weighted by atomic mass is 10.3. The van der Waals surface area contributed by atoms with E-state index in [0.717, 1.165) is 19.0 Å². The largest absolute Gasteiger partial charge is 0.352 e. The minimum absolute atomic E-state index is 0.116. The van der Waals surface area contributed by atoms with Gasteiger partial charge in [0, 0.05) is 26.2 Å². The summed E-state index contributed by atoms with van der Waals surface area (Å²) in [5.41, 5.74) is 0. The molecule has 0 bridgehead atoms. The molecule has 6 nitrogen and oxygen atoms in total. The number of hydrogen-bond acceptors (Lipinski definition) is 5. The predicted molar refractivity (Wildman–Crippen MR) is 72.3 cm³/mol. The fraction of sp³-hybridized carbons (Fsp3) is 0.667. The third kappa shape index (κ3) is 2.37. The number of rotatable bonds is 4. The number of sulfonamides is 1. The van der Waals surface area contributed by atoms with Crippen molar-refractivity contribution in [1.29, 1.82) is 0 Å². The highest BCUT2D eigenvalue weighted by Gasteiger charge is 2.42. The molecule has 20 heavy (non-hydrogen) atoms. The molecule has 3 rings (SSSR count). The van der Waals surface area contributed by atoms with Crippen LogP contribution in [0.5, 0.6) is 0 Å². The normalized spacial score (nSPS) is 23.6. The number of likely N-dealkylation sites (N-methyl/N-ethyl adjacent to an activating group) is 1. The van der Waals surface area contributed by atoms with Gasteiger partial charge in [0.2, 0.25) is 10.0 Å². The first-order valence-corrected chi connectivity index (χ1v) is 8.18. The molecule has 1 aliphatic carbocycles. The van der Waals surface area contributed by atoms with Crippen molar-refractivity contribution in [3.63, 3.8) is 0 Å². The van der Waals surface area contributed by atoms with Crippen LogP contribution in [-0.4, -0.2) is 54.1 Å². The summed E-state index contributed by atoms with van der Waals surface area (Å²) in [6.07, 6.45) is 4.62. The molecule has 2 aliphatic rings. The van der Waals surface area contributed by atoms with Crippen molar-refractivity contribution in [2.45, 2.75) is 30.6 Å². The molecule has 0 amide bonds. The Bertz CT molecular complexity index is 605. The van der Waals surface area contributed by atoms with E-state index in [0.29, 0.717) is 19.5 Å². The predicted octanol–water partition coefficient (Wildman–Crippen LogP) is 0.618. The third-order valence-corrected chi connectivity index (χ3v) is 6.39. The van der Waals surface area contributed by atoms with Crippen LogP contribution in [-0.2, 0) is 10.0 Å². The van der Waals surface area contributed by atoms with Gasteiger partial charge in [0.15, 0.2) is 11.6 Å². The van der Waals surface area contributed by atoms with Crippen molar-refractivity contribution in [2.24, 2.45) is 0 Å². The average Bonchev–Trinajstić information content (AvgIpc) is 3.18. The second-order valence-corrected chi connectivity index (χ2v) is 7.62. The second-order valence-electron chi connectivity index (χ2n) is 5.34. The highest BCUT2D eigenvalue weighted by molar-refractivity contribution is 7.90. The van der Waals surface area contributed by atoms with Gasteiger partial charge in [-0.2, -0.15) is 4.31 Å². The van der Waals surface area contributed by atoms with Crippen LogP contribution in [0.2, 0.25) is 0 Å². The van der Waals surface area contributed by atoms with Crippen molar-refractivity contribution < 1.29 is 12.8 Å². The molecule has 0 N–H and O–H groups in total. The standard InChI is InChI=1S/C12H17FN4O2S/c1-16(20(18,19)10-2-3-10)9-4-5-17(7-9)12-11(13)6-14-8-15-12/h6,8-10H,2-5,7H2,1H3. The van der Waals surface area contributed by atoms with Gasteiger partial charge in [-0.25, -0.2) is 22.8 Å². The van der Waals surface area contributed by atoms with E-state index in [1.807, 2.05) is 0 Å². The summed E-state index contributed by atoms with van der Waals surface area (Å²) in [4.78, 5) is 9.34. The maximum Gasteiger partial charge on any atom is 0.217 e. The van der Waals surface area contributed by atoms with Crippen molar-refractivity contribution in [3.8, 4) is 0 Å². The minimum Gasteiger partial charge on any atom is -0.352 e. The van der Waals surface area contributed by atoms with Crippen LogP contribution in [0, 0.1) is 5.82 Å². The Morgan fingerprint density at radius 1 is 1.40 bits per heavy atom. The summed E-state index contributed by atoms with van der Waals surface area (Å²) < 4.78 is 39.5. The highest BCUT2D eigenvalue weighted by atomic mass is 32.2. The first-order chi connectivity index (χ1) is 9.50. The Hall–Kier alpha value is -1.28. The fourth-order valence-electron chi connectivity index (χ4n) is 2.58. The van der Waals surface area contributed by atoms with Gasteiger partial charge in [0.1, 0.15) is 6.33 Å². The number of hydrogen-bond donors (Lipinski definition) is 0. The molecular formula is C12H17FN4O2S. The topological polar surface area (TPSA) is 66.4 Å². The molecule has 2 fully saturated rings.